The number of rotatable bonds is 5. The minimum absolute atomic E-state index is 0.158. The van der Waals surface area contributed by atoms with Gasteiger partial charge in [0.05, 0.1) is 23.4 Å². The Balaban J connectivity index is 2.57. The first-order valence-electron chi connectivity index (χ1n) is 6.04. The Kier molecular flexibility index (Phi) is 4.74. The highest BCUT2D eigenvalue weighted by Gasteiger charge is 2.23. The summed E-state index contributed by atoms with van der Waals surface area (Å²) in [5.74, 6) is -1.56. The molecule has 1 aromatic carbocycles. The third-order valence-corrected chi connectivity index (χ3v) is 4.14. The smallest absolute Gasteiger partial charge is 0.328 e. The van der Waals surface area contributed by atoms with Gasteiger partial charge in [0, 0.05) is 0 Å². The molecule has 1 atom stereocenters. The Morgan fingerprint density at radius 2 is 2.24 bits per heavy atom. The van der Waals surface area contributed by atoms with Crippen molar-refractivity contribution in [3.63, 3.8) is 0 Å². The third kappa shape index (κ3) is 3.14. The Morgan fingerprint density at radius 1 is 1.52 bits per heavy atom. The molecule has 0 aliphatic carbocycles. The summed E-state index contributed by atoms with van der Waals surface area (Å²) in [4.78, 5) is 26.9. The molecule has 1 unspecified atom stereocenters. The molecule has 112 valence electrons. The van der Waals surface area contributed by atoms with Gasteiger partial charge in [-0.25, -0.2) is 9.78 Å². The zero-order chi connectivity index (χ0) is 15.6. The van der Waals surface area contributed by atoms with Crippen molar-refractivity contribution in [3.05, 3.63) is 23.2 Å². The van der Waals surface area contributed by atoms with Crippen LogP contribution in [0.15, 0.2) is 23.4 Å². The monoisotopic (exact) mass is 328 g/mol. The number of methoxy groups -OCH3 is 1. The van der Waals surface area contributed by atoms with E-state index in [-0.39, 0.29) is 5.75 Å². The van der Waals surface area contributed by atoms with Crippen LogP contribution in [-0.4, -0.2) is 39.5 Å². The molecule has 0 aliphatic rings. The van der Waals surface area contributed by atoms with Crippen LogP contribution in [0.25, 0.3) is 11.0 Å². The number of carbonyl (C=O) groups is 2. The van der Waals surface area contributed by atoms with Crippen LogP contribution in [-0.2, 0) is 14.3 Å². The van der Waals surface area contributed by atoms with Gasteiger partial charge in [0.15, 0.2) is 5.16 Å². The topological polar surface area (TPSA) is 81.4 Å². The Hall–Kier alpha value is -1.73. The molecular weight excluding hydrogens is 316 g/mol. The van der Waals surface area contributed by atoms with Crippen LogP contribution in [0.4, 0.5) is 0 Å². The number of aromatic nitrogens is 2. The van der Waals surface area contributed by atoms with Crippen molar-refractivity contribution in [2.45, 2.75) is 18.1 Å². The normalized spacial score (nSPS) is 12.3. The molecule has 0 saturated heterocycles. The second-order valence-electron chi connectivity index (χ2n) is 4.25. The lowest BCUT2D eigenvalue weighted by Gasteiger charge is -2.14. The van der Waals surface area contributed by atoms with E-state index >= 15 is 0 Å². The zero-order valence-corrected chi connectivity index (χ0v) is 12.9. The van der Waals surface area contributed by atoms with Gasteiger partial charge in [-0.05, 0) is 19.1 Å². The molecule has 1 heterocycles. The van der Waals surface area contributed by atoms with E-state index in [0.717, 1.165) is 11.8 Å². The van der Waals surface area contributed by atoms with Gasteiger partial charge in [-0.15, -0.1) is 0 Å². The number of para-hydroxylation sites is 1. The van der Waals surface area contributed by atoms with E-state index in [1.54, 1.807) is 29.7 Å². The van der Waals surface area contributed by atoms with E-state index in [2.05, 4.69) is 4.98 Å². The lowest BCUT2D eigenvalue weighted by atomic mass is 10.3. The van der Waals surface area contributed by atoms with E-state index in [9.17, 15) is 9.59 Å². The number of hydrogen-bond donors (Lipinski definition) is 1. The predicted molar refractivity (Wildman–Crippen MR) is 79.8 cm³/mol. The lowest BCUT2D eigenvalue weighted by molar-refractivity contribution is -0.144. The molecule has 0 radical (unpaired) electrons. The molecule has 2 aromatic rings. The molecule has 0 amide bonds. The van der Waals surface area contributed by atoms with Crippen LogP contribution >= 0.6 is 23.4 Å². The average Bonchev–Trinajstić information content (AvgIpc) is 2.83. The molecule has 0 aliphatic heterocycles. The van der Waals surface area contributed by atoms with E-state index in [4.69, 9.17) is 21.4 Å². The Morgan fingerprint density at radius 3 is 2.86 bits per heavy atom. The molecule has 6 nitrogen and oxygen atoms in total. The number of aliphatic carboxylic acids is 1. The molecule has 0 saturated carbocycles. The van der Waals surface area contributed by atoms with Gasteiger partial charge in [0.25, 0.3) is 0 Å². The minimum atomic E-state index is -0.963. The quantitative estimate of drug-likeness (QED) is 0.671. The zero-order valence-electron chi connectivity index (χ0n) is 11.4. The fourth-order valence-corrected chi connectivity index (χ4v) is 2.96. The second-order valence-corrected chi connectivity index (χ2v) is 5.60. The summed E-state index contributed by atoms with van der Waals surface area (Å²) in [5.41, 5.74) is 1.19. The maximum absolute atomic E-state index is 11.8. The number of fused-ring (bicyclic) bond motifs is 1. The highest BCUT2D eigenvalue weighted by molar-refractivity contribution is 7.99. The maximum atomic E-state index is 11.8. The van der Waals surface area contributed by atoms with Crippen molar-refractivity contribution in [1.82, 2.24) is 9.55 Å². The summed E-state index contributed by atoms with van der Waals surface area (Å²) in [7, 11) is 1.30. The van der Waals surface area contributed by atoms with Crippen molar-refractivity contribution in [3.8, 4) is 0 Å². The molecule has 21 heavy (non-hydrogen) atoms. The highest BCUT2D eigenvalue weighted by atomic mass is 35.5. The predicted octanol–water partition coefficient (Wildman–Crippen LogP) is 2.60. The Labute approximate surface area is 130 Å². The van der Waals surface area contributed by atoms with Crippen LogP contribution in [0.1, 0.15) is 13.0 Å². The van der Waals surface area contributed by atoms with Crippen LogP contribution in [0.2, 0.25) is 5.02 Å². The number of thioether (sulfide) groups is 1. The fraction of sp³-hybridized carbons (Fsp3) is 0.308. The standard InChI is InChI=1S/C13H13ClN2O4S/c1-7(12(19)20-2)16-9-5-3-4-8(14)11(9)15-13(16)21-6-10(17)18/h3-5,7H,6H2,1-2H3,(H,17,18). The molecule has 0 spiro atoms. The first-order valence-corrected chi connectivity index (χ1v) is 7.41. The van der Waals surface area contributed by atoms with Gasteiger partial charge in [0.1, 0.15) is 11.6 Å². The molecular formula is C13H13ClN2O4S. The summed E-state index contributed by atoms with van der Waals surface area (Å²) in [6, 6.07) is 4.59. The van der Waals surface area contributed by atoms with Crippen molar-refractivity contribution < 1.29 is 19.4 Å². The van der Waals surface area contributed by atoms with Gasteiger partial charge in [-0.2, -0.15) is 0 Å². The minimum Gasteiger partial charge on any atom is -0.481 e. The average molecular weight is 329 g/mol. The molecule has 1 N–H and O–H groups in total. The molecule has 1 aromatic heterocycles. The Bertz CT molecular complexity index is 701. The third-order valence-electron chi connectivity index (χ3n) is 2.89. The summed E-state index contributed by atoms with van der Waals surface area (Å²) in [6.07, 6.45) is 0. The van der Waals surface area contributed by atoms with Crippen LogP contribution in [0, 0.1) is 0 Å². The first kappa shape index (κ1) is 15.7. The number of benzene rings is 1. The lowest BCUT2D eigenvalue weighted by Crippen LogP contribution is -2.18. The van der Waals surface area contributed by atoms with Crippen molar-refractivity contribution in [1.29, 1.82) is 0 Å². The van der Waals surface area contributed by atoms with Crippen molar-refractivity contribution >= 4 is 46.3 Å². The molecule has 0 bridgehead atoms. The number of ether oxygens (including phenoxy) is 1. The number of hydrogen-bond acceptors (Lipinski definition) is 5. The van der Waals surface area contributed by atoms with Crippen molar-refractivity contribution in [2.24, 2.45) is 0 Å². The number of imidazole rings is 1. The maximum Gasteiger partial charge on any atom is 0.328 e. The van der Waals surface area contributed by atoms with Gasteiger partial charge >= 0.3 is 11.9 Å². The molecule has 0 fully saturated rings. The van der Waals surface area contributed by atoms with E-state index < -0.39 is 18.0 Å². The van der Waals surface area contributed by atoms with Gasteiger partial charge < -0.3 is 14.4 Å². The van der Waals surface area contributed by atoms with E-state index in [1.165, 1.54) is 7.11 Å². The number of carbonyl (C=O) groups excluding carboxylic acids is 1. The number of carboxylic acid groups (broad SMARTS) is 1. The van der Waals surface area contributed by atoms with Gasteiger partial charge in [-0.3, -0.25) is 4.79 Å². The van der Waals surface area contributed by atoms with Gasteiger partial charge in [0.2, 0.25) is 0 Å². The molecule has 8 heteroatoms. The van der Waals surface area contributed by atoms with Crippen LogP contribution in [0.5, 0.6) is 0 Å². The molecule has 2 rings (SSSR count). The SMILES string of the molecule is COC(=O)C(C)n1c(SCC(=O)O)nc2c(Cl)cccc21. The summed E-state index contributed by atoms with van der Waals surface area (Å²) in [5, 5.41) is 9.67. The van der Waals surface area contributed by atoms with Gasteiger partial charge in [-0.1, -0.05) is 29.4 Å². The van der Waals surface area contributed by atoms with Crippen LogP contribution in [0.3, 0.4) is 0 Å². The highest BCUT2D eigenvalue weighted by Crippen LogP contribution is 2.31. The summed E-state index contributed by atoms with van der Waals surface area (Å²) < 4.78 is 6.39. The van der Waals surface area contributed by atoms with E-state index in [0.29, 0.717) is 21.2 Å². The number of halogens is 1. The van der Waals surface area contributed by atoms with E-state index in [1.807, 2.05) is 0 Å². The summed E-state index contributed by atoms with van der Waals surface area (Å²) in [6.45, 7) is 1.67. The number of carboxylic acids is 1. The van der Waals surface area contributed by atoms with Crippen molar-refractivity contribution in [2.75, 3.05) is 12.9 Å². The fourth-order valence-electron chi connectivity index (χ4n) is 1.94. The number of esters is 1. The first-order chi connectivity index (χ1) is 9.95. The van der Waals surface area contributed by atoms with Crippen LogP contribution < -0.4 is 0 Å². The second kappa shape index (κ2) is 6.36. The number of nitrogens with zero attached hydrogens (tertiary/aromatic N) is 2. The summed E-state index contributed by atoms with van der Waals surface area (Å²) >= 11 is 7.14. The largest absolute Gasteiger partial charge is 0.481 e.